The highest BCUT2D eigenvalue weighted by Crippen LogP contribution is 2.28. The van der Waals surface area contributed by atoms with E-state index in [0.717, 1.165) is 11.5 Å². The van der Waals surface area contributed by atoms with E-state index in [1.807, 2.05) is 30.3 Å². The van der Waals surface area contributed by atoms with Gasteiger partial charge in [0, 0.05) is 11.0 Å². The lowest BCUT2D eigenvalue weighted by molar-refractivity contribution is 0.295. The van der Waals surface area contributed by atoms with Crippen molar-refractivity contribution in [1.82, 2.24) is 0 Å². The minimum atomic E-state index is -0.0718. The number of hydrogen-bond acceptors (Lipinski definition) is 1. The van der Waals surface area contributed by atoms with Gasteiger partial charge < -0.3 is 4.74 Å². The van der Waals surface area contributed by atoms with E-state index in [2.05, 4.69) is 20.8 Å². The largest absolute Gasteiger partial charge is 0.460 e. The van der Waals surface area contributed by atoms with E-state index in [1.165, 1.54) is 5.54 Å². The summed E-state index contributed by atoms with van der Waals surface area (Å²) in [6, 6.07) is 9.64. The predicted molar refractivity (Wildman–Crippen MR) is 60.5 cm³/mol. The number of allylic oxidation sites excluding steroid dienone is 1. The first-order valence-electron chi connectivity index (χ1n) is 4.58. The standard InChI is InChI=1S/C12H15ClO/c1-12(2,3)11(9-13)14-10-7-5-4-6-8-10/h4-9H,1-3H3. The number of rotatable bonds is 2. The van der Waals surface area contributed by atoms with Gasteiger partial charge in [-0.1, -0.05) is 50.6 Å². The fourth-order valence-electron chi connectivity index (χ4n) is 0.955. The van der Waals surface area contributed by atoms with Crippen LogP contribution in [-0.4, -0.2) is 0 Å². The van der Waals surface area contributed by atoms with E-state index in [1.54, 1.807) is 0 Å². The van der Waals surface area contributed by atoms with Gasteiger partial charge in [0.15, 0.2) is 0 Å². The van der Waals surface area contributed by atoms with Crippen LogP contribution >= 0.6 is 11.6 Å². The summed E-state index contributed by atoms with van der Waals surface area (Å²) in [5.74, 6) is 1.58. The van der Waals surface area contributed by atoms with Gasteiger partial charge in [-0.25, -0.2) is 0 Å². The molecule has 1 aromatic rings. The minimum Gasteiger partial charge on any atom is -0.460 e. The lowest BCUT2D eigenvalue weighted by Gasteiger charge is -2.22. The van der Waals surface area contributed by atoms with Crippen molar-refractivity contribution < 1.29 is 4.74 Å². The summed E-state index contributed by atoms with van der Waals surface area (Å²) in [6.45, 7) is 6.18. The van der Waals surface area contributed by atoms with Gasteiger partial charge in [-0.05, 0) is 12.1 Å². The third kappa shape index (κ3) is 3.08. The fraction of sp³-hybridized carbons (Fsp3) is 0.333. The molecule has 0 aromatic heterocycles. The number of halogens is 1. The van der Waals surface area contributed by atoms with Crippen molar-refractivity contribution in [3.8, 4) is 5.75 Å². The topological polar surface area (TPSA) is 9.23 Å². The molecule has 1 aromatic carbocycles. The third-order valence-electron chi connectivity index (χ3n) is 1.81. The molecule has 14 heavy (non-hydrogen) atoms. The van der Waals surface area contributed by atoms with Gasteiger partial charge in [-0.15, -0.1) is 0 Å². The first-order chi connectivity index (χ1) is 6.54. The van der Waals surface area contributed by atoms with Crippen LogP contribution in [0.25, 0.3) is 0 Å². The summed E-state index contributed by atoms with van der Waals surface area (Å²) in [5, 5.41) is 0. The highest BCUT2D eigenvalue weighted by Gasteiger charge is 2.18. The number of para-hydroxylation sites is 1. The zero-order valence-corrected chi connectivity index (χ0v) is 9.51. The monoisotopic (exact) mass is 210 g/mol. The minimum absolute atomic E-state index is 0.0718. The van der Waals surface area contributed by atoms with Crippen LogP contribution in [0.3, 0.4) is 0 Å². The molecule has 0 aliphatic heterocycles. The van der Waals surface area contributed by atoms with Gasteiger partial charge in [0.05, 0.1) is 0 Å². The Hall–Kier alpha value is -0.950. The maximum absolute atomic E-state index is 5.72. The molecule has 0 unspecified atom stereocenters. The van der Waals surface area contributed by atoms with E-state index >= 15 is 0 Å². The van der Waals surface area contributed by atoms with Gasteiger partial charge in [-0.2, -0.15) is 0 Å². The van der Waals surface area contributed by atoms with Crippen LogP contribution in [0.5, 0.6) is 5.75 Å². The molecule has 0 amide bonds. The molecule has 0 saturated heterocycles. The Morgan fingerprint density at radius 2 is 1.79 bits per heavy atom. The predicted octanol–water partition coefficient (Wildman–Crippen LogP) is 4.19. The van der Waals surface area contributed by atoms with Crippen molar-refractivity contribution in [1.29, 1.82) is 0 Å². The Morgan fingerprint density at radius 3 is 2.21 bits per heavy atom. The van der Waals surface area contributed by atoms with Gasteiger partial charge >= 0.3 is 0 Å². The first-order valence-corrected chi connectivity index (χ1v) is 5.01. The number of hydrogen-bond donors (Lipinski definition) is 0. The van der Waals surface area contributed by atoms with Crippen molar-refractivity contribution in [2.75, 3.05) is 0 Å². The van der Waals surface area contributed by atoms with Crippen molar-refractivity contribution in [3.63, 3.8) is 0 Å². The Balaban J connectivity index is 2.78. The Labute approximate surface area is 90.3 Å². The maximum atomic E-state index is 5.72. The first kappa shape index (κ1) is 11.1. The summed E-state index contributed by atoms with van der Waals surface area (Å²) < 4.78 is 5.66. The number of ether oxygens (including phenoxy) is 1. The Bertz CT molecular complexity index is 309. The average molecular weight is 211 g/mol. The molecule has 0 radical (unpaired) electrons. The zero-order chi connectivity index (χ0) is 10.6. The van der Waals surface area contributed by atoms with Crippen molar-refractivity contribution in [3.05, 3.63) is 41.6 Å². The lowest BCUT2D eigenvalue weighted by atomic mass is 9.95. The normalized spacial score (nSPS) is 12.7. The van der Waals surface area contributed by atoms with E-state index in [4.69, 9.17) is 16.3 Å². The van der Waals surface area contributed by atoms with Crippen molar-refractivity contribution in [2.45, 2.75) is 20.8 Å². The van der Waals surface area contributed by atoms with E-state index in [-0.39, 0.29) is 5.41 Å². The zero-order valence-electron chi connectivity index (χ0n) is 8.75. The van der Waals surface area contributed by atoms with Gasteiger partial charge in [0.2, 0.25) is 0 Å². The van der Waals surface area contributed by atoms with Crippen molar-refractivity contribution >= 4 is 11.6 Å². The van der Waals surface area contributed by atoms with Gasteiger partial charge in [-0.3, -0.25) is 0 Å². The molecule has 0 saturated carbocycles. The second-order valence-corrected chi connectivity index (χ2v) is 4.36. The molecule has 0 spiro atoms. The third-order valence-corrected chi connectivity index (χ3v) is 2.01. The summed E-state index contributed by atoms with van der Waals surface area (Å²) in [7, 11) is 0. The molecule has 0 aliphatic rings. The van der Waals surface area contributed by atoms with E-state index in [0.29, 0.717) is 0 Å². The summed E-state index contributed by atoms with van der Waals surface area (Å²) >= 11 is 5.72. The SMILES string of the molecule is CC(C)(C)C(=CCl)Oc1ccccc1. The van der Waals surface area contributed by atoms with Gasteiger partial charge in [0.1, 0.15) is 11.5 Å². The molecular weight excluding hydrogens is 196 g/mol. The molecule has 0 N–H and O–H groups in total. The van der Waals surface area contributed by atoms with E-state index in [9.17, 15) is 0 Å². The second-order valence-electron chi connectivity index (χ2n) is 4.14. The molecule has 1 nitrogen and oxygen atoms in total. The molecule has 0 atom stereocenters. The summed E-state index contributed by atoms with van der Waals surface area (Å²) in [4.78, 5) is 0. The summed E-state index contributed by atoms with van der Waals surface area (Å²) in [6.07, 6.45) is 0. The molecule has 2 heteroatoms. The molecule has 76 valence electrons. The molecule has 0 bridgehead atoms. The quantitative estimate of drug-likeness (QED) is 0.665. The summed E-state index contributed by atoms with van der Waals surface area (Å²) in [5.41, 5.74) is 1.42. The van der Waals surface area contributed by atoms with Gasteiger partial charge in [0.25, 0.3) is 0 Å². The highest BCUT2D eigenvalue weighted by atomic mass is 35.5. The number of benzene rings is 1. The van der Waals surface area contributed by atoms with Crippen LogP contribution in [0, 0.1) is 5.41 Å². The Morgan fingerprint density at radius 1 is 1.21 bits per heavy atom. The Kier molecular flexibility index (Phi) is 3.59. The maximum Gasteiger partial charge on any atom is 0.127 e. The lowest BCUT2D eigenvalue weighted by Crippen LogP contribution is -2.14. The van der Waals surface area contributed by atoms with Crippen LogP contribution in [0.15, 0.2) is 41.6 Å². The van der Waals surface area contributed by atoms with Crippen LogP contribution in [0.4, 0.5) is 0 Å². The van der Waals surface area contributed by atoms with Crippen molar-refractivity contribution in [2.24, 2.45) is 5.41 Å². The highest BCUT2D eigenvalue weighted by molar-refractivity contribution is 6.25. The van der Waals surface area contributed by atoms with Crippen LogP contribution in [0.1, 0.15) is 20.8 Å². The van der Waals surface area contributed by atoms with E-state index < -0.39 is 0 Å². The fourth-order valence-corrected chi connectivity index (χ4v) is 1.33. The smallest absolute Gasteiger partial charge is 0.127 e. The average Bonchev–Trinajstić information content (AvgIpc) is 2.14. The van der Waals surface area contributed by atoms with Crippen LogP contribution in [-0.2, 0) is 0 Å². The second kappa shape index (κ2) is 4.52. The molecule has 0 fully saturated rings. The molecule has 0 heterocycles. The molecule has 0 aliphatic carbocycles. The molecule has 1 rings (SSSR count). The van der Waals surface area contributed by atoms with Crippen LogP contribution < -0.4 is 4.74 Å². The van der Waals surface area contributed by atoms with Crippen LogP contribution in [0.2, 0.25) is 0 Å². The molecular formula is C12H15ClO.